The highest BCUT2D eigenvalue weighted by molar-refractivity contribution is 7.91. The van der Waals surface area contributed by atoms with Crippen molar-refractivity contribution in [2.24, 2.45) is 17.8 Å². The average molecular weight is 331 g/mol. The first-order chi connectivity index (χ1) is 9.46. The molecule has 2 aliphatic rings. The Hall–Kier alpha value is -0.860. The minimum Gasteiger partial charge on any atom is -0.274 e. The van der Waals surface area contributed by atoms with Crippen molar-refractivity contribution in [2.45, 2.75) is 50.2 Å². The van der Waals surface area contributed by atoms with Crippen LogP contribution in [0.5, 0.6) is 0 Å². The van der Waals surface area contributed by atoms with E-state index in [4.69, 9.17) is 0 Å². The molecule has 1 amide bonds. The topological polar surface area (TPSA) is 63.2 Å². The molecule has 1 N–H and O–H groups in total. The lowest BCUT2D eigenvalue weighted by Gasteiger charge is -2.30. The molecule has 2 saturated carbocycles. The Labute approximate surface area is 120 Å². The summed E-state index contributed by atoms with van der Waals surface area (Å²) in [5.41, 5.74) is 0. The van der Waals surface area contributed by atoms with Gasteiger partial charge in [0.2, 0.25) is 5.91 Å². The highest BCUT2D eigenvalue weighted by atomic mass is 32.2. The summed E-state index contributed by atoms with van der Waals surface area (Å²) >= 11 is 0. The summed E-state index contributed by atoms with van der Waals surface area (Å²) < 4.78 is 78.5. The first kappa shape index (κ1) is 16.5. The molecule has 0 saturated heterocycles. The van der Waals surface area contributed by atoms with E-state index in [-0.39, 0.29) is 11.8 Å². The molecule has 2 rings (SSSR count). The van der Waals surface area contributed by atoms with Crippen LogP contribution in [0, 0.1) is 17.8 Å². The molecule has 0 radical (unpaired) electrons. The highest BCUT2D eigenvalue weighted by Crippen LogP contribution is 2.53. The molecule has 9 heteroatoms. The molecule has 0 aromatic carbocycles. The number of hydrogen-bond donors (Lipinski definition) is 1. The number of sulfonamides is 1. The van der Waals surface area contributed by atoms with E-state index in [2.05, 4.69) is 0 Å². The van der Waals surface area contributed by atoms with Gasteiger partial charge in [0.1, 0.15) is 0 Å². The van der Waals surface area contributed by atoms with Crippen LogP contribution in [-0.4, -0.2) is 25.5 Å². The van der Waals surface area contributed by atoms with E-state index in [1.807, 2.05) is 0 Å². The molecular formula is C12H17F4NO3S. The second kappa shape index (κ2) is 5.10. The van der Waals surface area contributed by atoms with Crippen LogP contribution < -0.4 is 4.72 Å². The summed E-state index contributed by atoms with van der Waals surface area (Å²) in [6.45, 7) is 0.668. The highest BCUT2D eigenvalue weighted by Gasteiger charge is 2.67. The Morgan fingerprint density at radius 1 is 1.19 bits per heavy atom. The SMILES string of the molecule is CC(=O)NS(=O)(=O)C(F)(F)C(F)(F)CC1CC2CCC1C2. The van der Waals surface area contributed by atoms with E-state index in [0.717, 1.165) is 24.0 Å². The summed E-state index contributed by atoms with van der Waals surface area (Å²) in [6.07, 6.45) is 1.68. The molecule has 4 nitrogen and oxygen atoms in total. The zero-order valence-electron chi connectivity index (χ0n) is 11.4. The lowest BCUT2D eigenvalue weighted by molar-refractivity contribution is -0.170. The van der Waals surface area contributed by atoms with Crippen LogP contribution in [-0.2, 0) is 14.8 Å². The van der Waals surface area contributed by atoms with Crippen LogP contribution in [0.2, 0.25) is 0 Å². The van der Waals surface area contributed by atoms with Gasteiger partial charge in [0.05, 0.1) is 0 Å². The lowest BCUT2D eigenvalue weighted by Crippen LogP contribution is -2.53. The first-order valence-corrected chi connectivity index (χ1v) is 8.23. The van der Waals surface area contributed by atoms with Crippen LogP contribution in [0.4, 0.5) is 17.6 Å². The van der Waals surface area contributed by atoms with Gasteiger partial charge in [-0.05, 0) is 37.0 Å². The number of alkyl halides is 4. The molecule has 0 heterocycles. The number of halogens is 4. The average Bonchev–Trinajstić information content (AvgIpc) is 2.87. The summed E-state index contributed by atoms with van der Waals surface area (Å²) in [7, 11) is -5.75. The van der Waals surface area contributed by atoms with Gasteiger partial charge in [-0.15, -0.1) is 0 Å². The minimum atomic E-state index is -5.75. The zero-order chi connectivity index (χ0) is 16.1. The van der Waals surface area contributed by atoms with Crippen LogP contribution in [0.25, 0.3) is 0 Å². The standard InChI is InChI=1S/C12H17F4NO3S/c1-7(18)17-21(19,20)12(15,16)11(13,14)6-10-5-8-2-3-9(10)4-8/h8-10H,2-6H2,1H3,(H,17,18). The van der Waals surface area contributed by atoms with E-state index in [1.165, 1.54) is 0 Å². The number of carbonyl (C=O) groups excluding carboxylic acids is 1. The van der Waals surface area contributed by atoms with Crippen molar-refractivity contribution < 1.29 is 30.8 Å². The maximum atomic E-state index is 13.8. The first-order valence-electron chi connectivity index (χ1n) is 6.75. The van der Waals surface area contributed by atoms with Crippen molar-refractivity contribution in [1.29, 1.82) is 0 Å². The Kier molecular flexibility index (Phi) is 4.01. The number of fused-ring (bicyclic) bond motifs is 2. The quantitative estimate of drug-likeness (QED) is 0.787. The van der Waals surface area contributed by atoms with E-state index in [9.17, 15) is 30.8 Å². The summed E-state index contributed by atoms with van der Waals surface area (Å²) in [5, 5.41) is -5.31. The van der Waals surface area contributed by atoms with Crippen LogP contribution >= 0.6 is 0 Å². The third-order valence-electron chi connectivity index (χ3n) is 4.44. The molecule has 122 valence electrons. The molecule has 2 bridgehead atoms. The smallest absolute Gasteiger partial charge is 0.274 e. The molecular weight excluding hydrogens is 314 g/mol. The van der Waals surface area contributed by atoms with Crippen LogP contribution in [0.1, 0.15) is 39.0 Å². The van der Waals surface area contributed by atoms with Crippen molar-refractivity contribution in [1.82, 2.24) is 4.72 Å². The molecule has 3 unspecified atom stereocenters. The monoisotopic (exact) mass is 331 g/mol. The van der Waals surface area contributed by atoms with Gasteiger partial charge in [-0.2, -0.15) is 26.0 Å². The van der Waals surface area contributed by atoms with Crippen LogP contribution in [0.3, 0.4) is 0 Å². The third kappa shape index (κ3) is 2.89. The Bertz CT molecular complexity index is 535. The normalized spacial score (nSPS) is 29.7. The van der Waals surface area contributed by atoms with Gasteiger partial charge >= 0.3 is 21.2 Å². The van der Waals surface area contributed by atoms with Crippen molar-refractivity contribution in [3.63, 3.8) is 0 Å². The zero-order valence-corrected chi connectivity index (χ0v) is 12.2. The third-order valence-corrected chi connectivity index (χ3v) is 5.97. The molecule has 0 aliphatic heterocycles. The molecule has 2 aliphatic carbocycles. The number of carbonyl (C=O) groups is 1. The number of rotatable bonds is 5. The number of amides is 1. The Balaban J connectivity index is 2.15. The van der Waals surface area contributed by atoms with Gasteiger partial charge in [-0.1, -0.05) is 6.42 Å². The van der Waals surface area contributed by atoms with Gasteiger partial charge in [-0.25, -0.2) is 4.72 Å². The van der Waals surface area contributed by atoms with Crippen molar-refractivity contribution in [3.05, 3.63) is 0 Å². The van der Waals surface area contributed by atoms with Gasteiger partial charge in [0.15, 0.2) is 0 Å². The fraction of sp³-hybridized carbons (Fsp3) is 0.917. The maximum Gasteiger partial charge on any atom is 0.425 e. The summed E-state index contributed by atoms with van der Waals surface area (Å²) in [6, 6.07) is 0. The molecule has 0 spiro atoms. The largest absolute Gasteiger partial charge is 0.425 e. The minimum absolute atomic E-state index is 0.0276. The second-order valence-electron chi connectivity index (χ2n) is 6.02. The predicted molar refractivity (Wildman–Crippen MR) is 66.2 cm³/mol. The van der Waals surface area contributed by atoms with Gasteiger partial charge < -0.3 is 0 Å². The summed E-state index contributed by atoms with van der Waals surface area (Å²) in [4.78, 5) is 10.6. The van der Waals surface area contributed by atoms with E-state index in [0.29, 0.717) is 13.3 Å². The fourth-order valence-corrected chi connectivity index (χ4v) is 4.51. The second-order valence-corrected chi connectivity index (χ2v) is 7.75. The van der Waals surface area contributed by atoms with Gasteiger partial charge in [0.25, 0.3) is 0 Å². The van der Waals surface area contributed by atoms with Crippen molar-refractivity contribution in [3.8, 4) is 0 Å². The molecule has 2 fully saturated rings. The molecule has 0 aromatic heterocycles. The lowest BCUT2D eigenvalue weighted by atomic mass is 9.84. The van der Waals surface area contributed by atoms with Crippen molar-refractivity contribution in [2.75, 3.05) is 0 Å². The Morgan fingerprint density at radius 2 is 1.81 bits per heavy atom. The predicted octanol–water partition coefficient (Wildman–Crippen LogP) is 2.51. The van der Waals surface area contributed by atoms with Gasteiger partial charge in [-0.3, -0.25) is 4.79 Å². The molecule has 0 aromatic rings. The van der Waals surface area contributed by atoms with Crippen molar-refractivity contribution >= 4 is 15.9 Å². The summed E-state index contributed by atoms with van der Waals surface area (Å²) in [5.74, 6) is -6.36. The molecule has 3 atom stereocenters. The maximum absolute atomic E-state index is 13.8. The van der Waals surface area contributed by atoms with E-state index in [1.54, 1.807) is 0 Å². The Morgan fingerprint density at radius 3 is 2.24 bits per heavy atom. The number of nitrogens with one attached hydrogen (secondary N) is 1. The van der Waals surface area contributed by atoms with E-state index < -0.39 is 39.4 Å². The van der Waals surface area contributed by atoms with Crippen LogP contribution in [0.15, 0.2) is 0 Å². The van der Waals surface area contributed by atoms with E-state index >= 15 is 0 Å². The molecule has 21 heavy (non-hydrogen) atoms. The van der Waals surface area contributed by atoms with Gasteiger partial charge in [0, 0.05) is 13.3 Å². The number of hydrogen-bond acceptors (Lipinski definition) is 3. The fourth-order valence-electron chi connectivity index (χ4n) is 3.52.